The number of nitrogens with one attached hydrogen (secondary N) is 1. The van der Waals surface area contributed by atoms with E-state index in [-0.39, 0.29) is 11.7 Å². The van der Waals surface area contributed by atoms with Gasteiger partial charge in [0.25, 0.3) is 5.91 Å². The summed E-state index contributed by atoms with van der Waals surface area (Å²) in [6, 6.07) is 16.0. The molecule has 1 aromatic heterocycles. The maximum atomic E-state index is 12.3. The number of ether oxygens (including phenoxy) is 1. The van der Waals surface area contributed by atoms with E-state index >= 15 is 0 Å². The molecule has 132 valence electrons. The molecule has 0 fully saturated rings. The zero-order valence-electron chi connectivity index (χ0n) is 14.5. The molecule has 0 saturated carbocycles. The van der Waals surface area contributed by atoms with E-state index in [9.17, 15) is 9.90 Å². The third kappa shape index (κ3) is 3.75. The number of carbonyl (C=O) groups is 1. The number of benzene rings is 2. The Hall–Kier alpha value is -3.54. The Labute approximate surface area is 151 Å². The first-order valence-electron chi connectivity index (χ1n) is 8.04. The van der Waals surface area contributed by atoms with Gasteiger partial charge in [-0.1, -0.05) is 0 Å². The molecule has 0 aliphatic heterocycles. The van der Waals surface area contributed by atoms with E-state index in [2.05, 4.69) is 10.5 Å². The number of nitrogens with zero attached hydrogens (tertiary/aromatic N) is 2. The molecule has 0 spiro atoms. The summed E-state index contributed by atoms with van der Waals surface area (Å²) in [4.78, 5) is 12.3. The van der Waals surface area contributed by atoms with E-state index in [0.29, 0.717) is 17.0 Å². The molecule has 0 radical (unpaired) electrons. The summed E-state index contributed by atoms with van der Waals surface area (Å²) in [7, 11) is 1.48. The second-order valence-electron chi connectivity index (χ2n) is 5.66. The molecule has 6 nitrogen and oxygen atoms in total. The molecule has 0 bridgehead atoms. The number of aromatic nitrogens is 1. The fourth-order valence-electron chi connectivity index (χ4n) is 2.46. The van der Waals surface area contributed by atoms with Crippen LogP contribution in [0, 0.1) is 0 Å². The number of aromatic hydroxyl groups is 1. The van der Waals surface area contributed by atoms with E-state index in [1.54, 1.807) is 31.2 Å². The van der Waals surface area contributed by atoms with E-state index < -0.39 is 0 Å². The quantitative estimate of drug-likeness (QED) is 0.548. The van der Waals surface area contributed by atoms with Crippen molar-refractivity contribution in [2.24, 2.45) is 5.10 Å². The first-order chi connectivity index (χ1) is 12.6. The Morgan fingerprint density at radius 1 is 1.08 bits per heavy atom. The van der Waals surface area contributed by atoms with Crippen LogP contribution in [0.15, 0.2) is 72.1 Å². The van der Waals surface area contributed by atoms with Crippen molar-refractivity contribution in [1.82, 2.24) is 9.99 Å². The van der Waals surface area contributed by atoms with Crippen molar-refractivity contribution < 1.29 is 14.6 Å². The summed E-state index contributed by atoms with van der Waals surface area (Å²) >= 11 is 0. The van der Waals surface area contributed by atoms with Crippen molar-refractivity contribution in [2.75, 3.05) is 7.11 Å². The fraction of sp³-hybridized carbons (Fsp3) is 0.100. The standard InChI is InChI=1S/C20H19N3O3/c1-14(16-7-10-18(24)19(13-16)26-2)21-22-20(25)15-5-8-17(9-6-15)23-11-3-4-12-23/h3-13,24H,1-2H3,(H,22,25)/b21-14+. The predicted molar refractivity (Wildman–Crippen MR) is 100 cm³/mol. The van der Waals surface area contributed by atoms with Gasteiger partial charge >= 0.3 is 0 Å². The first-order valence-corrected chi connectivity index (χ1v) is 8.04. The number of phenolic OH excluding ortho intramolecular Hbond substituents is 1. The number of amides is 1. The molecule has 0 saturated heterocycles. The molecular formula is C20H19N3O3. The van der Waals surface area contributed by atoms with Gasteiger partial charge in [-0.25, -0.2) is 5.43 Å². The largest absolute Gasteiger partial charge is 0.504 e. The summed E-state index contributed by atoms with van der Waals surface area (Å²) < 4.78 is 7.04. The molecule has 26 heavy (non-hydrogen) atoms. The van der Waals surface area contributed by atoms with E-state index in [4.69, 9.17) is 4.74 Å². The van der Waals surface area contributed by atoms with Crippen molar-refractivity contribution in [3.8, 4) is 17.2 Å². The minimum absolute atomic E-state index is 0.0517. The molecule has 2 aromatic carbocycles. The van der Waals surface area contributed by atoms with Crippen molar-refractivity contribution in [3.05, 3.63) is 78.1 Å². The molecule has 3 aromatic rings. The summed E-state index contributed by atoms with van der Waals surface area (Å²) in [5.41, 5.74) is 5.37. The first kappa shape index (κ1) is 17.3. The zero-order valence-corrected chi connectivity index (χ0v) is 14.5. The molecular weight excluding hydrogens is 330 g/mol. The number of methoxy groups -OCH3 is 1. The van der Waals surface area contributed by atoms with E-state index in [1.807, 2.05) is 41.2 Å². The third-order valence-corrected chi connectivity index (χ3v) is 3.95. The van der Waals surface area contributed by atoms with Crippen LogP contribution in [0.4, 0.5) is 0 Å². The van der Waals surface area contributed by atoms with Crippen LogP contribution in [-0.2, 0) is 0 Å². The number of hydrogen-bond donors (Lipinski definition) is 2. The van der Waals surface area contributed by atoms with Gasteiger partial charge in [-0.3, -0.25) is 4.79 Å². The third-order valence-electron chi connectivity index (χ3n) is 3.95. The number of phenols is 1. The smallest absolute Gasteiger partial charge is 0.271 e. The highest BCUT2D eigenvalue weighted by Gasteiger charge is 2.07. The van der Waals surface area contributed by atoms with Crippen LogP contribution in [0.3, 0.4) is 0 Å². The SMILES string of the molecule is COc1cc(/C(C)=N/NC(=O)c2ccc(-n3cccc3)cc2)ccc1O. The number of rotatable bonds is 5. The fourth-order valence-corrected chi connectivity index (χ4v) is 2.46. The normalized spacial score (nSPS) is 11.2. The van der Waals surface area contributed by atoms with Gasteiger partial charge in [-0.2, -0.15) is 5.10 Å². The molecule has 1 heterocycles. The average Bonchev–Trinajstić information content (AvgIpc) is 3.21. The maximum absolute atomic E-state index is 12.3. The second kappa shape index (κ2) is 7.57. The molecule has 3 rings (SSSR count). The average molecular weight is 349 g/mol. The summed E-state index contributed by atoms with van der Waals surface area (Å²) in [6.07, 6.45) is 3.88. The molecule has 0 aliphatic rings. The van der Waals surface area contributed by atoms with Crippen LogP contribution in [-0.4, -0.2) is 28.4 Å². The van der Waals surface area contributed by atoms with E-state index in [1.165, 1.54) is 13.2 Å². The number of hydrazone groups is 1. The van der Waals surface area contributed by atoms with Gasteiger partial charge in [0.15, 0.2) is 11.5 Å². The highest BCUT2D eigenvalue weighted by molar-refractivity contribution is 6.01. The Kier molecular flexibility index (Phi) is 5.03. The highest BCUT2D eigenvalue weighted by atomic mass is 16.5. The second-order valence-corrected chi connectivity index (χ2v) is 5.66. The van der Waals surface area contributed by atoms with Crippen molar-refractivity contribution in [1.29, 1.82) is 0 Å². The van der Waals surface area contributed by atoms with E-state index in [0.717, 1.165) is 11.3 Å². The zero-order chi connectivity index (χ0) is 18.5. The van der Waals surface area contributed by atoms with Gasteiger partial charge < -0.3 is 14.4 Å². The molecule has 0 unspecified atom stereocenters. The van der Waals surface area contributed by atoms with Gasteiger partial charge in [0, 0.05) is 29.2 Å². The lowest BCUT2D eigenvalue weighted by Gasteiger charge is -2.07. The highest BCUT2D eigenvalue weighted by Crippen LogP contribution is 2.26. The number of hydrogen-bond acceptors (Lipinski definition) is 4. The van der Waals surface area contributed by atoms with Crippen LogP contribution < -0.4 is 10.2 Å². The summed E-state index contributed by atoms with van der Waals surface area (Å²) in [5.74, 6) is 0.106. The van der Waals surface area contributed by atoms with Gasteiger partial charge in [-0.05, 0) is 61.5 Å². The monoisotopic (exact) mass is 349 g/mol. The van der Waals surface area contributed by atoms with Crippen molar-refractivity contribution >= 4 is 11.6 Å². The van der Waals surface area contributed by atoms with Gasteiger partial charge in [0.2, 0.25) is 0 Å². The van der Waals surface area contributed by atoms with Crippen LogP contribution in [0.1, 0.15) is 22.8 Å². The van der Waals surface area contributed by atoms with Crippen LogP contribution in [0.2, 0.25) is 0 Å². The topological polar surface area (TPSA) is 75.8 Å². The Morgan fingerprint density at radius 2 is 1.73 bits per heavy atom. The lowest BCUT2D eigenvalue weighted by Crippen LogP contribution is -2.19. The van der Waals surface area contributed by atoms with Crippen molar-refractivity contribution in [2.45, 2.75) is 6.92 Å². The summed E-state index contributed by atoms with van der Waals surface area (Å²) in [5, 5.41) is 13.8. The minimum Gasteiger partial charge on any atom is -0.504 e. The Morgan fingerprint density at radius 3 is 2.38 bits per heavy atom. The molecule has 0 atom stereocenters. The Bertz CT molecular complexity index is 929. The van der Waals surface area contributed by atoms with Gasteiger partial charge in [0.1, 0.15) is 0 Å². The van der Waals surface area contributed by atoms with Crippen LogP contribution >= 0.6 is 0 Å². The lowest BCUT2D eigenvalue weighted by atomic mass is 10.1. The summed E-state index contributed by atoms with van der Waals surface area (Å²) in [6.45, 7) is 1.77. The molecule has 6 heteroatoms. The Balaban J connectivity index is 1.70. The maximum Gasteiger partial charge on any atom is 0.271 e. The minimum atomic E-state index is -0.297. The molecule has 1 amide bonds. The van der Waals surface area contributed by atoms with Crippen molar-refractivity contribution in [3.63, 3.8) is 0 Å². The molecule has 2 N–H and O–H groups in total. The van der Waals surface area contributed by atoms with Crippen LogP contribution in [0.5, 0.6) is 11.5 Å². The van der Waals surface area contributed by atoms with Gasteiger partial charge in [-0.15, -0.1) is 0 Å². The molecule has 0 aliphatic carbocycles. The lowest BCUT2D eigenvalue weighted by molar-refractivity contribution is 0.0955. The van der Waals surface area contributed by atoms with Gasteiger partial charge in [0.05, 0.1) is 12.8 Å². The van der Waals surface area contributed by atoms with Crippen LogP contribution in [0.25, 0.3) is 5.69 Å². The predicted octanol–water partition coefficient (Wildman–Crippen LogP) is 3.35. The number of carbonyl (C=O) groups excluding carboxylic acids is 1.